The number of thiophene rings is 1. The Kier molecular flexibility index (Phi) is 4.35. The third-order valence-electron chi connectivity index (χ3n) is 5.46. The van der Waals surface area contributed by atoms with Crippen LogP contribution in [-0.2, 0) is 12.8 Å². The number of amides is 1. The zero-order valence-corrected chi connectivity index (χ0v) is 16.5. The molecule has 1 aliphatic heterocycles. The van der Waals surface area contributed by atoms with Crippen molar-refractivity contribution in [1.29, 1.82) is 5.26 Å². The first-order chi connectivity index (χ1) is 12.9. The Morgan fingerprint density at radius 1 is 1.30 bits per heavy atom. The standard InChI is InChI=1S/C21H22N2O3S/c1-21(2,3)13-5-6-14-15(10-22)20(27-18(14)9-13)23-19(24)12-4-7-16-17(8-12)26-11-25-16/h4,7-8,13H,5-6,9,11H2,1-3H3,(H,23,24)/t13-/m1/s1. The number of benzene rings is 1. The van der Waals surface area contributed by atoms with E-state index in [0.29, 0.717) is 33.5 Å². The van der Waals surface area contributed by atoms with Crippen LogP contribution in [0.2, 0.25) is 0 Å². The summed E-state index contributed by atoms with van der Waals surface area (Å²) in [6.07, 6.45) is 2.95. The van der Waals surface area contributed by atoms with Crippen molar-refractivity contribution >= 4 is 22.2 Å². The summed E-state index contributed by atoms with van der Waals surface area (Å²) in [5.41, 5.74) is 2.47. The minimum atomic E-state index is -0.240. The molecule has 4 rings (SSSR count). The zero-order chi connectivity index (χ0) is 19.2. The minimum absolute atomic E-state index is 0.172. The topological polar surface area (TPSA) is 71.3 Å². The van der Waals surface area contributed by atoms with Gasteiger partial charge < -0.3 is 14.8 Å². The van der Waals surface area contributed by atoms with E-state index in [1.54, 1.807) is 29.5 Å². The second-order valence-corrected chi connectivity index (χ2v) is 9.25. The molecular formula is C21H22N2O3S. The Morgan fingerprint density at radius 2 is 2.07 bits per heavy atom. The highest BCUT2D eigenvalue weighted by Gasteiger charge is 2.32. The Hall–Kier alpha value is -2.52. The summed E-state index contributed by atoms with van der Waals surface area (Å²) in [7, 11) is 0. The van der Waals surface area contributed by atoms with Crippen LogP contribution < -0.4 is 14.8 Å². The summed E-state index contributed by atoms with van der Waals surface area (Å²) in [5, 5.41) is 13.3. The van der Waals surface area contributed by atoms with Crippen molar-refractivity contribution in [2.24, 2.45) is 11.3 Å². The van der Waals surface area contributed by atoms with Gasteiger partial charge in [0.25, 0.3) is 5.91 Å². The van der Waals surface area contributed by atoms with E-state index < -0.39 is 0 Å². The molecule has 0 radical (unpaired) electrons. The quantitative estimate of drug-likeness (QED) is 0.813. The van der Waals surface area contributed by atoms with Crippen molar-refractivity contribution in [2.75, 3.05) is 12.1 Å². The van der Waals surface area contributed by atoms with Crippen molar-refractivity contribution < 1.29 is 14.3 Å². The van der Waals surface area contributed by atoms with Crippen molar-refractivity contribution in [3.05, 3.63) is 39.8 Å². The number of nitrogens with one attached hydrogen (secondary N) is 1. The van der Waals surface area contributed by atoms with Gasteiger partial charge in [-0.2, -0.15) is 5.26 Å². The molecule has 0 bridgehead atoms. The van der Waals surface area contributed by atoms with E-state index in [0.717, 1.165) is 24.8 Å². The summed E-state index contributed by atoms with van der Waals surface area (Å²) in [4.78, 5) is 13.9. The smallest absolute Gasteiger partial charge is 0.256 e. The van der Waals surface area contributed by atoms with Gasteiger partial charge in [0.15, 0.2) is 11.5 Å². The first-order valence-electron chi connectivity index (χ1n) is 9.12. The van der Waals surface area contributed by atoms with Crippen LogP contribution in [-0.4, -0.2) is 12.7 Å². The van der Waals surface area contributed by atoms with Crippen LogP contribution in [0, 0.1) is 22.7 Å². The van der Waals surface area contributed by atoms with Gasteiger partial charge in [-0.05, 0) is 54.4 Å². The first kappa shape index (κ1) is 17.9. The molecule has 1 aromatic heterocycles. The monoisotopic (exact) mass is 382 g/mol. The molecule has 1 amide bonds. The van der Waals surface area contributed by atoms with E-state index in [-0.39, 0.29) is 18.1 Å². The second-order valence-electron chi connectivity index (χ2n) is 8.15. The summed E-state index contributed by atoms with van der Waals surface area (Å²) in [6.45, 7) is 6.98. The Morgan fingerprint density at radius 3 is 2.81 bits per heavy atom. The molecule has 0 spiro atoms. The summed E-state index contributed by atoms with van der Waals surface area (Å²) < 4.78 is 10.6. The van der Waals surface area contributed by atoms with Crippen LogP contribution in [0.3, 0.4) is 0 Å². The number of carbonyl (C=O) groups excluding carboxylic acids is 1. The third-order valence-corrected chi connectivity index (χ3v) is 6.63. The number of hydrogen-bond acceptors (Lipinski definition) is 5. The van der Waals surface area contributed by atoms with E-state index in [4.69, 9.17) is 9.47 Å². The molecule has 5 nitrogen and oxygen atoms in total. The molecule has 0 fully saturated rings. The van der Waals surface area contributed by atoms with Crippen molar-refractivity contribution in [3.8, 4) is 17.6 Å². The fourth-order valence-corrected chi connectivity index (χ4v) is 5.02. The number of anilines is 1. The predicted molar refractivity (Wildman–Crippen MR) is 105 cm³/mol. The lowest BCUT2D eigenvalue weighted by atomic mass is 9.72. The van der Waals surface area contributed by atoms with Gasteiger partial charge in [-0.3, -0.25) is 4.79 Å². The molecule has 2 aliphatic rings. The van der Waals surface area contributed by atoms with Gasteiger partial charge in [-0.15, -0.1) is 11.3 Å². The molecule has 0 saturated carbocycles. The lowest BCUT2D eigenvalue weighted by molar-refractivity contribution is 0.102. The number of ether oxygens (including phenoxy) is 2. The highest BCUT2D eigenvalue weighted by molar-refractivity contribution is 7.16. The molecule has 2 heterocycles. The minimum Gasteiger partial charge on any atom is -0.454 e. The Bertz CT molecular complexity index is 950. The molecule has 27 heavy (non-hydrogen) atoms. The van der Waals surface area contributed by atoms with Crippen LogP contribution in [0.4, 0.5) is 5.00 Å². The highest BCUT2D eigenvalue weighted by atomic mass is 32.1. The van der Waals surface area contributed by atoms with Gasteiger partial charge in [-0.1, -0.05) is 20.8 Å². The molecular weight excluding hydrogens is 360 g/mol. The molecule has 0 unspecified atom stereocenters. The zero-order valence-electron chi connectivity index (χ0n) is 15.7. The number of nitriles is 1. The van der Waals surface area contributed by atoms with E-state index in [2.05, 4.69) is 32.2 Å². The number of nitrogens with zero attached hydrogens (tertiary/aromatic N) is 1. The average Bonchev–Trinajstić information content (AvgIpc) is 3.23. The fourth-order valence-electron chi connectivity index (χ4n) is 3.74. The van der Waals surface area contributed by atoms with E-state index in [1.165, 1.54) is 4.88 Å². The van der Waals surface area contributed by atoms with Gasteiger partial charge in [0.05, 0.1) is 5.56 Å². The lowest BCUT2D eigenvalue weighted by Gasteiger charge is -2.33. The fraction of sp³-hybridized carbons (Fsp3) is 0.429. The number of rotatable bonds is 2. The molecule has 1 aromatic carbocycles. The first-order valence-corrected chi connectivity index (χ1v) is 9.94. The van der Waals surface area contributed by atoms with E-state index in [9.17, 15) is 10.1 Å². The second kappa shape index (κ2) is 6.58. The van der Waals surface area contributed by atoms with Crippen LogP contribution in [0.25, 0.3) is 0 Å². The Balaban J connectivity index is 1.59. The molecule has 1 aliphatic carbocycles. The van der Waals surface area contributed by atoms with Crippen LogP contribution in [0.1, 0.15) is 53.6 Å². The van der Waals surface area contributed by atoms with Gasteiger partial charge in [0.2, 0.25) is 6.79 Å². The number of hydrogen-bond donors (Lipinski definition) is 1. The van der Waals surface area contributed by atoms with Crippen LogP contribution in [0.5, 0.6) is 11.5 Å². The lowest BCUT2D eigenvalue weighted by Crippen LogP contribution is -2.26. The maximum atomic E-state index is 12.7. The molecule has 2 aromatic rings. The molecule has 140 valence electrons. The maximum Gasteiger partial charge on any atom is 0.256 e. The largest absolute Gasteiger partial charge is 0.454 e. The van der Waals surface area contributed by atoms with E-state index >= 15 is 0 Å². The normalized spacial score (nSPS) is 17.9. The predicted octanol–water partition coefficient (Wildman–Crippen LogP) is 4.75. The summed E-state index contributed by atoms with van der Waals surface area (Å²) in [6, 6.07) is 7.42. The number of carbonyl (C=O) groups is 1. The van der Waals surface area contributed by atoms with Crippen LogP contribution in [0.15, 0.2) is 18.2 Å². The summed E-state index contributed by atoms with van der Waals surface area (Å²) >= 11 is 1.54. The van der Waals surface area contributed by atoms with Crippen LogP contribution >= 0.6 is 11.3 Å². The van der Waals surface area contributed by atoms with Gasteiger partial charge in [-0.25, -0.2) is 0 Å². The number of fused-ring (bicyclic) bond motifs is 2. The SMILES string of the molecule is CC(C)(C)[C@@H]1CCc2c(sc(NC(=O)c3ccc4c(c3)OCO4)c2C#N)C1. The Labute approximate surface area is 162 Å². The molecule has 6 heteroatoms. The molecule has 0 saturated heterocycles. The van der Waals surface area contributed by atoms with Crippen molar-refractivity contribution in [1.82, 2.24) is 0 Å². The van der Waals surface area contributed by atoms with E-state index in [1.807, 2.05) is 0 Å². The van der Waals surface area contributed by atoms with Gasteiger partial charge in [0, 0.05) is 10.4 Å². The molecule has 1 atom stereocenters. The molecule has 1 N–H and O–H groups in total. The van der Waals surface area contributed by atoms with Crippen molar-refractivity contribution in [2.45, 2.75) is 40.0 Å². The third kappa shape index (κ3) is 3.28. The maximum absolute atomic E-state index is 12.7. The van der Waals surface area contributed by atoms with Gasteiger partial charge >= 0.3 is 0 Å². The van der Waals surface area contributed by atoms with Crippen molar-refractivity contribution in [3.63, 3.8) is 0 Å². The average molecular weight is 382 g/mol. The highest BCUT2D eigenvalue weighted by Crippen LogP contribution is 2.44. The summed E-state index contributed by atoms with van der Waals surface area (Å²) in [5.74, 6) is 1.56. The van der Waals surface area contributed by atoms with Gasteiger partial charge in [0.1, 0.15) is 11.1 Å².